The number of carbonyl (C=O) groups excluding carboxylic acids is 1. The lowest BCUT2D eigenvalue weighted by atomic mass is 10.0. The summed E-state index contributed by atoms with van der Waals surface area (Å²) in [5.41, 5.74) is 0. The van der Waals surface area contributed by atoms with Crippen LogP contribution in [0.1, 0.15) is 13.8 Å². The minimum absolute atomic E-state index is 0.0916. The van der Waals surface area contributed by atoms with Gasteiger partial charge in [-0.15, -0.1) is 0 Å². The molecule has 0 saturated carbocycles. The fourth-order valence-electron chi connectivity index (χ4n) is 0.969. The minimum atomic E-state index is -0.515. The van der Waals surface area contributed by atoms with E-state index in [1.54, 1.807) is 0 Å². The SMILES string of the molecule is CC(=O)N(F)C1CNC1C. The predicted molar refractivity (Wildman–Crippen MR) is 34.9 cm³/mol. The van der Waals surface area contributed by atoms with Gasteiger partial charge in [0.2, 0.25) is 5.91 Å². The largest absolute Gasteiger partial charge is 0.310 e. The molecular formula is C6H11FN2O. The molecule has 1 fully saturated rings. The molecule has 1 amide bonds. The third-order valence-electron chi connectivity index (χ3n) is 1.82. The van der Waals surface area contributed by atoms with Gasteiger partial charge in [-0.3, -0.25) is 4.79 Å². The van der Waals surface area contributed by atoms with Crippen molar-refractivity contribution in [1.29, 1.82) is 0 Å². The summed E-state index contributed by atoms with van der Waals surface area (Å²) in [6.45, 7) is 3.64. The summed E-state index contributed by atoms with van der Waals surface area (Å²) in [5.74, 6) is -0.515. The van der Waals surface area contributed by atoms with Crippen LogP contribution in [0.4, 0.5) is 4.48 Å². The van der Waals surface area contributed by atoms with E-state index in [-0.39, 0.29) is 12.1 Å². The van der Waals surface area contributed by atoms with E-state index in [2.05, 4.69) is 5.32 Å². The van der Waals surface area contributed by atoms with Crippen molar-refractivity contribution in [2.24, 2.45) is 0 Å². The van der Waals surface area contributed by atoms with Crippen LogP contribution in [0.5, 0.6) is 0 Å². The average molecular weight is 146 g/mol. The highest BCUT2D eigenvalue weighted by atomic mass is 19.2. The van der Waals surface area contributed by atoms with E-state index in [4.69, 9.17) is 0 Å². The first kappa shape index (κ1) is 7.47. The molecule has 1 saturated heterocycles. The average Bonchev–Trinajstić information content (AvgIpc) is 1.84. The second-order valence-electron chi connectivity index (χ2n) is 2.59. The van der Waals surface area contributed by atoms with Crippen molar-refractivity contribution in [1.82, 2.24) is 10.4 Å². The Labute approximate surface area is 59.1 Å². The van der Waals surface area contributed by atoms with E-state index >= 15 is 0 Å². The van der Waals surface area contributed by atoms with Crippen LogP contribution in [0, 0.1) is 0 Å². The Morgan fingerprint density at radius 2 is 2.40 bits per heavy atom. The molecule has 1 N–H and O–H groups in total. The Morgan fingerprint density at radius 1 is 1.80 bits per heavy atom. The predicted octanol–water partition coefficient (Wildman–Crippen LogP) is 0.0797. The number of carbonyl (C=O) groups is 1. The van der Waals surface area contributed by atoms with E-state index in [9.17, 15) is 9.28 Å². The molecule has 0 radical (unpaired) electrons. The highest BCUT2D eigenvalue weighted by molar-refractivity contribution is 5.72. The third kappa shape index (κ3) is 1.11. The molecule has 0 bridgehead atoms. The lowest BCUT2D eigenvalue weighted by Crippen LogP contribution is -2.62. The van der Waals surface area contributed by atoms with Gasteiger partial charge < -0.3 is 5.32 Å². The molecule has 1 heterocycles. The molecule has 0 aromatic carbocycles. The van der Waals surface area contributed by atoms with Gasteiger partial charge in [0.1, 0.15) is 0 Å². The number of amides is 1. The van der Waals surface area contributed by atoms with Crippen molar-refractivity contribution in [2.45, 2.75) is 25.9 Å². The molecule has 58 valence electrons. The molecule has 0 aromatic heterocycles. The van der Waals surface area contributed by atoms with Crippen molar-refractivity contribution >= 4 is 5.91 Å². The van der Waals surface area contributed by atoms with Crippen molar-refractivity contribution in [2.75, 3.05) is 6.54 Å². The van der Waals surface area contributed by atoms with E-state index in [0.29, 0.717) is 11.7 Å². The quantitative estimate of drug-likeness (QED) is 0.531. The second-order valence-corrected chi connectivity index (χ2v) is 2.59. The zero-order chi connectivity index (χ0) is 7.72. The maximum Gasteiger partial charge on any atom is 0.247 e. The summed E-state index contributed by atoms with van der Waals surface area (Å²) in [6, 6.07) is -0.161. The molecule has 2 atom stereocenters. The fourth-order valence-corrected chi connectivity index (χ4v) is 0.969. The van der Waals surface area contributed by atoms with Crippen molar-refractivity contribution < 1.29 is 9.28 Å². The lowest BCUT2D eigenvalue weighted by Gasteiger charge is -2.37. The second kappa shape index (κ2) is 2.54. The van der Waals surface area contributed by atoms with Crippen LogP contribution in [0.3, 0.4) is 0 Å². The van der Waals surface area contributed by atoms with Crippen LogP contribution >= 0.6 is 0 Å². The third-order valence-corrected chi connectivity index (χ3v) is 1.82. The lowest BCUT2D eigenvalue weighted by molar-refractivity contribution is -0.154. The van der Waals surface area contributed by atoms with Crippen LogP contribution in [0.25, 0.3) is 0 Å². The molecule has 1 rings (SSSR count). The van der Waals surface area contributed by atoms with E-state index in [0.717, 1.165) is 0 Å². The standard InChI is InChI=1S/C6H11FN2O/c1-4-6(3-8-4)9(7)5(2)10/h4,6,8H,3H2,1-2H3. The molecule has 2 unspecified atom stereocenters. The number of nitrogens with one attached hydrogen (secondary N) is 1. The van der Waals surface area contributed by atoms with Crippen LogP contribution in [0.2, 0.25) is 0 Å². The Morgan fingerprint density at radius 3 is 2.50 bits per heavy atom. The van der Waals surface area contributed by atoms with Crippen LogP contribution in [-0.2, 0) is 4.79 Å². The molecule has 0 aromatic rings. The van der Waals surface area contributed by atoms with Gasteiger partial charge in [-0.25, -0.2) is 0 Å². The maximum absolute atomic E-state index is 12.7. The topological polar surface area (TPSA) is 32.3 Å². The van der Waals surface area contributed by atoms with Gasteiger partial charge >= 0.3 is 0 Å². The van der Waals surface area contributed by atoms with Crippen molar-refractivity contribution in [3.05, 3.63) is 0 Å². The fraction of sp³-hybridized carbons (Fsp3) is 0.833. The molecule has 0 spiro atoms. The van der Waals surface area contributed by atoms with Crippen molar-refractivity contribution in [3.8, 4) is 0 Å². The van der Waals surface area contributed by atoms with Gasteiger partial charge in [0.25, 0.3) is 0 Å². The van der Waals surface area contributed by atoms with E-state index < -0.39 is 5.91 Å². The molecule has 3 nitrogen and oxygen atoms in total. The molecule has 10 heavy (non-hydrogen) atoms. The monoisotopic (exact) mass is 146 g/mol. The summed E-state index contributed by atoms with van der Waals surface area (Å²) in [5, 5.41) is 3.25. The van der Waals surface area contributed by atoms with Gasteiger partial charge in [-0.2, -0.15) is 5.12 Å². The number of hydrogen-bond donors (Lipinski definition) is 1. The summed E-state index contributed by atoms with van der Waals surface area (Å²) in [4.78, 5) is 10.4. The first-order chi connectivity index (χ1) is 4.63. The van der Waals surface area contributed by atoms with Crippen LogP contribution in [0.15, 0.2) is 0 Å². The first-order valence-electron chi connectivity index (χ1n) is 3.32. The molecule has 4 heteroatoms. The minimum Gasteiger partial charge on any atom is -0.310 e. The molecular weight excluding hydrogens is 135 g/mol. The van der Waals surface area contributed by atoms with Gasteiger partial charge in [0.05, 0.1) is 6.04 Å². The summed E-state index contributed by atoms with van der Waals surface area (Å²) in [6.07, 6.45) is 0. The number of halogens is 1. The van der Waals surface area contributed by atoms with Gasteiger partial charge in [0.15, 0.2) is 0 Å². The summed E-state index contributed by atoms with van der Waals surface area (Å²) < 4.78 is 12.7. The highest BCUT2D eigenvalue weighted by Crippen LogP contribution is 2.12. The normalized spacial score (nSPS) is 31.1. The van der Waals surface area contributed by atoms with E-state index in [1.807, 2.05) is 6.92 Å². The molecule has 1 aliphatic heterocycles. The molecule has 0 aliphatic carbocycles. The Kier molecular flexibility index (Phi) is 1.89. The zero-order valence-corrected chi connectivity index (χ0v) is 6.10. The summed E-state index contributed by atoms with van der Waals surface area (Å²) in [7, 11) is 0. The number of rotatable bonds is 1. The molecule has 1 aliphatic rings. The maximum atomic E-state index is 12.7. The van der Waals surface area contributed by atoms with Crippen molar-refractivity contribution in [3.63, 3.8) is 0 Å². The zero-order valence-electron chi connectivity index (χ0n) is 6.10. The Hall–Kier alpha value is -0.640. The van der Waals surface area contributed by atoms with Crippen LogP contribution < -0.4 is 5.32 Å². The van der Waals surface area contributed by atoms with Gasteiger partial charge in [-0.05, 0) is 6.92 Å². The highest BCUT2D eigenvalue weighted by Gasteiger charge is 2.33. The van der Waals surface area contributed by atoms with Crippen LogP contribution in [-0.4, -0.2) is 29.7 Å². The Bertz CT molecular complexity index is 151. The summed E-state index contributed by atoms with van der Waals surface area (Å²) >= 11 is 0. The van der Waals surface area contributed by atoms with Gasteiger partial charge in [-0.1, -0.05) is 4.48 Å². The Balaban J connectivity index is 2.41. The number of hydrogen-bond acceptors (Lipinski definition) is 2. The van der Waals surface area contributed by atoms with E-state index in [1.165, 1.54) is 6.92 Å². The smallest absolute Gasteiger partial charge is 0.247 e. The number of nitrogens with zero attached hydrogens (tertiary/aromatic N) is 1. The van der Waals surface area contributed by atoms with Gasteiger partial charge in [0, 0.05) is 19.5 Å². The first-order valence-corrected chi connectivity index (χ1v) is 3.32.